The number of carbonyl (C=O) groups excluding carboxylic acids is 2. The maximum absolute atomic E-state index is 12.2. The lowest BCUT2D eigenvalue weighted by molar-refractivity contribution is -0.144. The minimum absolute atomic E-state index is 0.180. The fraction of sp³-hybridized carbons (Fsp3) is 0.138. The lowest BCUT2D eigenvalue weighted by Crippen LogP contribution is -2.10. The maximum atomic E-state index is 12.2. The minimum Gasteiger partial charge on any atom is -0.466 e. The summed E-state index contributed by atoms with van der Waals surface area (Å²) in [5.74, 6) is -0.361. The van der Waals surface area contributed by atoms with Crippen LogP contribution in [-0.2, 0) is 31.9 Å². The molecule has 0 amide bonds. The SMILES string of the molecule is CCOC(=O)CCc1ccccc1-c1cccc(N(c2ccccc2)c2ccc(-c3ccc(N(c4ccccc4)c4cccc(-c5ccccc5CCC(=O)OCC)c4)cc3)cc2)c1. The standard InChI is InChI=1S/C58H52N2O4/c1-3-63-57(61)39-33-45-17-11-13-27-55(45)47-19-15-25-53(41-47)59(49-21-7-5-8-22-49)51-35-29-43(30-36-51)44-31-37-52(38-32-44)60(50-23-9-6-10-24-50)54-26-16-20-48(42-54)56-28-14-12-18-46(56)34-40-58(62)64-4-2/h5-32,35-38,41-42H,3-4,33-34,39-40H2,1-2H3. The van der Waals surface area contributed by atoms with Gasteiger partial charge in [-0.05, 0) is 144 Å². The number of carbonyl (C=O) groups is 2. The van der Waals surface area contributed by atoms with E-state index in [1.54, 1.807) is 0 Å². The van der Waals surface area contributed by atoms with Crippen LogP contribution in [0.3, 0.4) is 0 Å². The Labute approximate surface area is 377 Å². The predicted molar refractivity (Wildman–Crippen MR) is 262 cm³/mol. The highest BCUT2D eigenvalue weighted by atomic mass is 16.5. The summed E-state index contributed by atoms with van der Waals surface area (Å²) < 4.78 is 10.4. The molecule has 6 nitrogen and oxygen atoms in total. The summed E-state index contributed by atoms with van der Waals surface area (Å²) in [6, 6.07) is 72.1. The van der Waals surface area contributed by atoms with E-state index >= 15 is 0 Å². The molecule has 0 aromatic heterocycles. The van der Waals surface area contributed by atoms with Crippen molar-refractivity contribution in [3.05, 3.63) is 217 Å². The van der Waals surface area contributed by atoms with E-state index in [9.17, 15) is 9.59 Å². The van der Waals surface area contributed by atoms with Gasteiger partial charge in [-0.15, -0.1) is 0 Å². The van der Waals surface area contributed by atoms with Crippen LogP contribution in [0.15, 0.2) is 206 Å². The van der Waals surface area contributed by atoms with Crippen LogP contribution in [-0.4, -0.2) is 25.2 Å². The smallest absolute Gasteiger partial charge is 0.306 e. The van der Waals surface area contributed by atoms with Crippen LogP contribution >= 0.6 is 0 Å². The van der Waals surface area contributed by atoms with Crippen LogP contribution in [0.4, 0.5) is 34.1 Å². The molecule has 0 atom stereocenters. The molecule has 8 aromatic carbocycles. The number of ether oxygens (including phenoxy) is 2. The van der Waals surface area contributed by atoms with Gasteiger partial charge in [0.2, 0.25) is 0 Å². The molecule has 318 valence electrons. The van der Waals surface area contributed by atoms with Crippen molar-refractivity contribution in [2.75, 3.05) is 23.0 Å². The van der Waals surface area contributed by atoms with E-state index in [-0.39, 0.29) is 11.9 Å². The second kappa shape index (κ2) is 20.9. The van der Waals surface area contributed by atoms with E-state index in [0.717, 1.165) is 78.6 Å². The molecule has 0 heterocycles. The van der Waals surface area contributed by atoms with Gasteiger partial charge in [-0.2, -0.15) is 0 Å². The zero-order chi connectivity index (χ0) is 44.1. The Kier molecular flexibility index (Phi) is 14.0. The summed E-state index contributed by atoms with van der Waals surface area (Å²) >= 11 is 0. The predicted octanol–water partition coefficient (Wildman–Crippen LogP) is 14.6. The van der Waals surface area contributed by atoms with Crippen molar-refractivity contribution in [1.29, 1.82) is 0 Å². The molecule has 0 aliphatic heterocycles. The third-order valence-electron chi connectivity index (χ3n) is 11.3. The number of aryl methyl sites for hydroxylation is 2. The number of hydrogen-bond donors (Lipinski definition) is 0. The van der Waals surface area contributed by atoms with Crippen molar-refractivity contribution < 1.29 is 19.1 Å². The second-order valence-corrected chi connectivity index (χ2v) is 15.5. The maximum Gasteiger partial charge on any atom is 0.306 e. The fourth-order valence-corrected chi connectivity index (χ4v) is 8.26. The van der Waals surface area contributed by atoms with Gasteiger partial charge in [-0.3, -0.25) is 9.59 Å². The molecule has 64 heavy (non-hydrogen) atoms. The van der Waals surface area contributed by atoms with Crippen LogP contribution in [0.25, 0.3) is 33.4 Å². The zero-order valence-electron chi connectivity index (χ0n) is 36.4. The first kappa shape index (κ1) is 43.0. The molecule has 8 aromatic rings. The number of anilines is 6. The van der Waals surface area contributed by atoms with E-state index in [1.807, 2.05) is 50.2 Å². The number of benzene rings is 8. The number of hydrogen-bond acceptors (Lipinski definition) is 6. The van der Waals surface area contributed by atoms with Crippen molar-refractivity contribution in [2.24, 2.45) is 0 Å². The summed E-state index contributed by atoms with van der Waals surface area (Å²) in [6.07, 6.45) is 1.90. The highest BCUT2D eigenvalue weighted by Crippen LogP contribution is 2.40. The summed E-state index contributed by atoms with van der Waals surface area (Å²) in [7, 11) is 0. The van der Waals surface area contributed by atoms with Crippen LogP contribution in [0.2, 0.25) is 0 Å². The van der Waals surface area contributed by atoms with E-state index in [1.165, 1.54) is 0 Å². The molecule has 0 aliphatic carbocycles. The van der Waals surface area contributed by atoms with Crippen molar-refractivity contribution in [2.45, 2.75) is 39.5 Å². The Hall–Kier alpha value is -7.70. The van der Waals surface area contributed by atoms with Crippen LogP contribution < -0.4 is 9.80 Å². The summed E-state index contributed by atoms with van der Waals surface area (Å²) in [5, 5.41) is 0. The molecular formula is C58H52N2O4. The molecule has 0 saturated heterocycles. The first-order valence-corrected chi connectivity index (χ1v) is 22.1. The Balaban J connectivity index is 1.07. The van der Waals surface area contributed by atoms with Gasteiger partial charge >= 0.3 is 11.9 Å². The van der Waals surface area contributed by atoms with Gasteiger partial charge < -0.3 is 19.3 Å². The number of rotatable bonds is 17. The van der Waals surface area contributed by atoms with Crippen molar-refractivity contribution >= 4 is 46.1 Å². The van der Waals surface area contributed by atoms with E-state index in [4.69, 9.17) is 9.47 Å². The molecular weight excluding hydrogens is 789 g/mol. The summed E-state index contributed by atoms with van der Waals surface area (Å²) in [4.78, 5) is 29.1. The molecule has 0 aliphatic rings. The molecule has 0 spiro atoms. The third kappa shape index (κ3) is 10.3. The first-order valence-electron chi connectivity index (χ1n) is 22.1. The fourth-order valence-electron chi connectivity index (χ4n) is 8.26. The first-order chi connectivity index (χ1) is 31.5. The van der Waals surface area contributed by atoms with Gasteiger partial charge in [-0.1, -0.05) is 133 Å². The van der Waals surface area contributed by atoms with Gasteiger partial charge in [0.25, 0.3) is 0 Å². The molecule has 0 saturated carbocycles. The topological polar surface area (TPSA) is 59.1 Å². The average Bonchev–Trinajstić information content (AvgIpc) is 3.35. The summed E-state index contributed by atoms with van der Waals surface area (Å²) in [6.45, 7) is 4.44. The Morgan fingerprint density at radius 2 is 0.703 bits per heavy atom. The van der Waals surface area contributed by atoms with Gasteiger partial charge in [0.1, 0.15) is 0 Å². The number of para-hydroxylation sites is 2. The highest BCUT2D eigenvalue weighted by molar-refractivity contribution is 5.84. The lowest BCUT2D eigenvalue weighted by atomic mass is 9.96. The molecule has 8 rings (SSSR count). The van der Waals surface area contributed by atoms with Crippen molar-refractivity contribution in [3.63, 3.8) is 0 Å². The Morgan fingerprint density at radius 1 is 0.359 bits per heavy atom. The van der Waals surface area contributed by atoms with Crippen molar-refractivity contribution in [3.8, 4) is 33.4 Å². The Bertz CT molecular complexity index is 2590. The van der Waals surface area contributed by atoms with E-state index in [2.05, 4.69) is 180 Å². The third-order valence-corrected chi connectivity index (χ3v) is 11.3. The number of esters is 2. The average molecular weight is 841 g/mol. The van der Waals surface area contributed by atoms with Gasteiger partial charge in [0, 0.05) is 47.0 Å². The van der Waals surface area contributed by atoms with Crippen molar-refractivity contribution in [1.82, 2.24) is 0 Å². The molecule has 0 unspecified atom stereocenters. The molecule has 0 radical (unpaired) electrons. The monoisotopic (exact) mass is 840 g/mol. The highest BCUT2D eigenvalue weighted by Gasteiger charge is 2.18. The summed E-state index contributed by atoms with van der Waals surface area (Å²) in [5.41, 5.74) is 15.1. The largest absolute Gasteiger partial charge is 0.466 e. The van der Waals surface area contributed by atoms with Gasteiger partial charge in [-0.25, -0.2) is 0 Å². The molecule has 0 bridgehead atoms. The van der Waals surface area contributed by atoms with Crippen LogP contribution in [0.1, 0.15) is 37.8 Å². The molecule has 6 heteroatoms. The minimum atomic E-state index is -0.180. The van der Waals surface area contributed by atoms with E-state index < -0.39 is 0 Å². The van der Waals surface area contributed by atoms with Gasteiger partial charge in [0.05, 0.1) is 13.2 Å². The lowest BCUT2D eigenvalue weighted by Gasteiger charge is -2.27. The van der Waals surface area contributed by atoms with Crippen LogP contribution in [0.5, 0.6) is 0 Å². The normalized spacial score (nSPS) is 10.8. The quantitative estimate of drug-likeness (QED) is 0.0851. The zero-order valence-corrected chi connectivity index (χ0v) is 36.4. The molecule has 0 fully saturated rings. The van der Waals surface area contributed by atoms with Gasteiger partial charge in [0.15, 0.2) is 0 Å². The second-order valence-electron chi connectivity index (χ2n) is 15.5. The van der Waals surface area contributed by atoms with E-state index in [0.29, 0.717) is 38.9 Å². The number of nitrogens with zero attached hydrogens (tertiary/aromatic N) is 2. The van der Waals surface area contributed by atoms with Crippen LogP contribution in [0, 0.1) is 0 Å². The Morgan fingerprint density at radius 3 is 1.09 bits per heavy atom. The molecule has 0 N–H and O–H groups in total.